The Hall–Kier alpha value is -1.33. The summed E-state index contributed by atoms with van der Waals surface area (Å²) in [6.45, 7) is 2.14. The lowest BCUT2D eigenvalue weighted by Crippen LogP contribution is -2.00. The first-order valence-corrected chi connectivity index (χ1v) is 8.07. The van der Waals surface area contributed by atoms with Gasteiger partial charge in [-0.15, -0.1) is 0 Å². The third kappa shape index (κ3) is 4.65. The maximum absolute atomic E-state index is 10.0. The normalized spacial score (nSPS) is 12.5. The highest BCUT2D eigenvalue weighted by Crippen LogP contribution is 2.20. The minimum Gasteiger partial charge on any atom is -0.388 e. The molecule has 108 valence electrons. The van der Waals surface area contributed by atoms with Crippen LogP contribution < -0.4 is 0 Å². The summed E-state index contributed by atoms with van der Waals surface area (Å²) in [5, 5.41) is 14.0. The average molecular weight is 292 g/mol. The van der Waals surface area contributed by atoms with Gasteiger partial charge in [-0.05, 0) is 12.0 Å². The van der Waals surface area contributed by atoms with Crippen LogP contribution in [0, 0.1) is 0 Å². The molecule has 0 aliphatic heterocycles. The summed E-state index contributed by atoms with van der Waals surface area (Å²) in [6, 6.07) is 9.68. The van der Waals surface area contributed by atoms with E-state index in [1.165, 1.54) is 0 Å². The SMILES string of the molecule is CCCCc1nc(CSCC(O)c2ccccc2)no1. The Morgan fingerprint density at radius 1 is 1.30 bits per heavy atom. The largest absolute Gasteiger partial charge is 0.388 e. The smallest absolute Gasteiger partial charge is 0.226 e. The number of unbranched alkanes of at least 4 members (excludes halogenated alkanes) is 1. The van der Waals surface area contributed by atoms with Crippen LogP contribution in [0.4, 0.5) is 0 Å². The Bertz CT molecular complexity index is 502. The lowest BCUT2D eigenvalue weighted by atomic mass is 10.1. The lowest BCUT2D eigenvalue weighted by molar-refractivity contribution is 0.204. The van der Waals surface area contributed by atoms with Gasteiger partial charge in [0.1, 0.15) is 0 Å². The van der Waals surface area contributed by atoms with Crippen LogP contribution in [0.2, 0.25) is 0 Å². The summed E-state index contributed by atoms with van der Waals surface area (Å²) in [5.74, 6) is 2.72. The molecule has 0 saturated carbocycles. The van der Waals surface area contributed by atoms with E-state index < -0.39 is 6.10 Å². The molecule has 1 N–H and O–H groups in total. The van der Waals surface area contributed by atoms with Crippen molar-refractivity contribution in [1.29, 1.82) is 0 Å². The first-order chi connectivity index (χ1) is 9.79. The maximum Gasteiger partial charge on any atom is 0.226 e. The lowest BCUT2D eigenvalue weighted by Gasteiger charge is -2.09. The molecule has 0 spiro atoms. The zero-order chi connectivity index (χ0) is 14.2. The molecule has 20 heavy (non-hydrogen) atoms. The van der Waals surface area contributed by atoms with Crippen molar-refractivity contribution in [2.45, 2.75) is 38.0 Å². The number of aryl methyl sites for hydroxylation is 1. The van der Waals surface area contributed by atoms with Gasteiger partial charge in [0.15, 0.2) is 5.82 Å². The topological polar surface area (TPSA) is 59.2 Å². The summed E-state index contributed by atoms with van der Waals surface area (Å²) >= 11 is 1.61. The van der Waals surface area contributed by atoms with E-state index in [-0.39, 0.29) is 0 Å². The van der Waals surface area contributed by atoms with Crippen molar-refractivity contribution in [3.05, 3.63) is 47.6 Å². The number of hydrogen-bond acceptors (Lipinski definition) is 5. The number of aromatic nitrogens is 2. The van der Waals surface area contributed by atoms with E-state index in [4.69, 9.17) is 4.52 Å². The molecule has 0 bridgehead atoms. The van der Waals surface area contributed by atoms with Gasteiger partial charge >= 0.3 is 0 Å². The molecule has 0 aliphatic carbocycles. The van der Waals surface area contributed by atoms with Crippen molar-refractivity contribution in [2.75, 3.05) is 5.75 Å². The van der Waals surface area contributed by atoms with E-state index >= 15 is 0 Å². The Kier molecular flexibility index (Phi) is 6.08. The Balaban J connectivity index is 1.74. The number of nitrogens with zero attached hydrogens (tertiary/aromatic N) is 2. The summed E-state index contributed by atoms with van der Waals surface area (Å²) in [5.41, 5.74) is 0.941. The number of hydrogen-bond donors (Lipinski definition) is 1. The minimum atomic E-state index is -0.451. The molecule has 0 radical (unpaired) electrons. The van der Waals surface area contributed by atoms with E-state index in [1.807, 2.05) is 30.3 Å². The second kappa shape index (κ2) is 8.07. The molecule has 2 rings (SSSR count). The van der Waals surface area contributed by atoms with Crippen LogP contribution in [0.25, 0.3) is 0 Å². The average Bonchev–Trinajstić information content (AvgIpc) is 2.94. The van der Waals surface area contributed by atoms with Crippen molar-refractivity contribution in [3.63, 3.8) is 0 Å². The second-order valence-corrected chi connectivity index (χ2v) is 5.68. The van der Waals surface area contributed by atoms with Crippen LogP contribution in [0.15, 0.2) is 34.9 Å². The van der Waals surface area contributed by atoms with Gasteiger partial charge < -0.3 is 9.63 Å². The van der Waals surface area contributed by atoms with Gasteiger partial charge in [-0.1, -0.05) is 48.8 Å². The van der Waals surface area contributed by atoms with Crippen molar-refractivity contribution in [3.8, 4) is 0 Å². The third-order valence-corrected chi connectivity index (χ3v) is 3.96. The summed E-state index contributed by atoms with van der Waals surface area (Å²) in [4.78, 5) is 4.34. The molecule has 2 aromatic rings. The number of aliphatic hydroxyl groups excluding tert-OH is 1. The van der Waals surface area contributed by atoms with E-state index in [2.05, 4.69) is 17.1 Å². The fourth-order valence-corrected chi connectivity index (χ4v) is 2.64. The van der Waals surface area contributed by atoms with Gasteiger partial charge in [0.05, 0.1) is 11.9 Å². The molecule has 0 fully saturated rings. The van der Waals surface area contributed by atoms with Crippen LogP contribution in [0.5, 0.6) is 0 Å². The van der Waals surface area contributed by atoms with Gasteiger partial charge in [0.25, 0.3) is 0 Å². The van der Waals surface area contributed by atoms with Gasteiger partial charge in [0.2, 0.25) is 5.89 Å². The molecule has 1 heterocycles. The Morgan fingerprint density at radius 3 is 2.85 bits per heavy atom. The molecule has 0 saturated heterocycles. The molecule has 1 aromatic carbocycles. The molecule has 1 atom stereocenters. The van der Waals surface area contributed by atoms with E-state index in [0.717, 1.165) is 24.8 Å². The Morgan fingerprint density at radius 2 is 2.10 bits per heavy atom. The van der Waals surface area contributed by atoms with Gasteiger partial charge in [-0.3, -0.25) is 0 Å². The predicted molar refractivity (Wildman–Crippen MR) is 80.5 cm³/mol. The molecule has 5 heteroatoms. The quantitative estimate of drug-likeness (QED) is 0.808. The highest BCUT2D eigenvalue weighted by molar-refractivity contribution is 7.98. The van der Waals surface area contributed by atoms with Crippen molar-refractivity contribution < 1.29 is 9.63 Å². The molecule has 1 unspecified atom stereocenters. The van der Waals surface area contributed by atoms with Crippen molar-refractivity contribution >= 4 is 11.8 Å². The van der Waals surface area contributed by atoms with Gasteiger partial charge in [0, 0.05) is 12.2 Å². The highest BCUT2D eigenvalue weighted by Gasteiger charge is 2.09. The van der Waals surface area contributed by atoms with E-state index in [9.17, 15) is 5.11 Å². The number of thioether (sulfide) groups is 1. The third-order valence-electron chi connectivity index (χ3n) is 2.95. The fraction of sp³-hybridized carbons (Fsp3) is 0.467. The predicted octanol–water partition coefficient (Wildman–Crippen LogP) is 3.38. The van der Waals surface area contributed by atoms with E-state index in [1.54, 1.807) is 11.8 Å². The van der Waals surface area contributed by atoms with Gasteiger partial charge in [-0.25, -0.2) is 0 Å². The van der Waals surface area contributed by atoms with Crippen LogP contribution in [0.3, 0.4) is 0 Å². The standard InChI is InChI=1S/C15H20N2O2S/c1-2-3-9-15-16-14(17-19-15)11-20-10-13(18)12-7-5-4-6-8-12/h4-8,13,18H,2-3,9-11H2,1H3. The Labute approximate surface area is 123 Å². The molecule has 1 aromatic heterocycles. The molecular weight excluding hydrogens is 272 g/mol. The minimum absolute atomic E-state index is 0.451. The molecule has 0 amide bonds. The zero-order valence-corrected chi connectivity index (χ0v) is 12.5. The van der Waals surface area contributed by atoms with Crippen LogP contribution in [-0.4, -0.2) is 21.0 Å². The van der Waals surface area contributed by atoms with Crippen LogP contribution in [0.1, 0.15) is 43.1 Å². The summed E-state index contributed by atoms with van der Waals surface area (Å²) < 4.78 is 5.17. The van der Waals surface area contributed by atoms with Crippen LogP contribution in [-0.2, 0) is 12.2 Å². The summed E-state index contributed by atoms with van der Waals surface area (Å²) in [7, 11) is 0. The summed E-state index contributed by atoms with van der Waals surface area (Å²) in [6.07, 6.45) is 2.59. The number of aliphatic hydroxyl groups is 1. The monoisotopic (exact) mass is 292 g/mol. The van der Waals surface area contributed by atoms with Crippen molar-refractivity contribution in [1.82, 2.24) is 10.1 Å². The first-order valence-electron chi connectivity index (χ1n) is 6.91. The molecule has 4 nitrogen and oxygen atoms in total. The van der Waals surface area contributed by atoms with Crippen molar-refractivity contribution in [2.24, 2.45) is 0 Å². The van der Waals surface area contributed by atoms with Crippen LogP contribution >= 0.6 is 11.8 Å². The highest BCUT2D eigenvalue weighted by atomic mass is 32.2. The fourth-order valence-electron chi connectivity index (χ4n) is 1.81. The second-order valence-electron chi connectivity index (χ2n) is 4.65. The zero-order valence-electron chi connectivity index (χ0n) is 11.7. The van der Waals surface area contributed by atoms with Gasteiger partial charge in [-0.2, -0.15) is 16.7 Å². The molecular formula is C15H20N2O2S. The number of benzene rings is 1. The maximum atomic E-state index is 10.0. The number of rotatable bonds is 8. The molecule has 0 aliphatic rings. The van der Waals surface area contributed by atoms with E-state index in [0.29, 0.717) is 23.2 Å². The first kappa shape index (κ1) is 15.1.